The summed E-state index contributed by atoms with van der Waals surface area (Å²) in [5, 5.41) is 25.5. The largest absolute Gasteiger partial charge is 0.480 e. The number of aliphatic hydroxyl groups is 2. The highest BCUT2D eigenvalue weighted by molar-refractivity contribution is 7.92. The number of hydrogen-bond acceptors (Lipinski definition) is 8. The molecule has 0 bridgehead atoms. The number of anilines is 1. The highest BCUT2D eigenvalue weighted by Gasteiger charge is 2.27. The molecule has 11 nitrogen and oxygen atoms in total. The van der Waals surface area contributed by atoms with E-state index in [2.05, 4.69) is 25.1 Å². The predicted molar refractivity (Wildman–Crippen MR) is 133 cm³/mol. The van der Waals surface area contributed by atoms with Gasteiger partial charge in [-0.1, -0.05) is 6.07 Å². The third-order valence-electron chi connectivity index (χ3n) is 5.89. The van der Waals surface area contributed by atoms with Crippen molar-refractivity contribution in [1.29, 1.82) is 0 Å². The Morgan fingerprint density at radius 2 is 1.90 bits per heavy atom. The number of sulfonamides is 1. The minimum atomic E-state index is -4.68. The standard InChI is InChI=1S/C24H18F4N6O5S/c1-39-24-17(6-10(25)7-30-24)40(37,38)34-14-5-4-13(26)18(20(14)28)11-2-3-12-21(19(11)27)32-33-22(12)23-29-8-15(31-23)16(36)9-35/h2-8,16,34-36H,9H2,1H3,(H,29,31)(H,32,33). The number of hydrogen-bond donors (Lipinski definition) is 5. The molecule has 3 aromatic heterocycles. The number of imidazole rings is 1. The van der Waals surface area contributed by atoms with E-state index in [1.54, 1.807) is 0 Å². The SMILES string of the molecule is COc1ncc(F)cc1S(=O)(=O)Nc1ccc(F)c(-c2ccc3c(-c4nc(C(O)CO)c[nH]4)n[nH]c3c2F)c1F. The molecule has 3 heterocycles. The van der Waals surface area contributed by atoms with Crippen LogP contribution in [0.3, 0.4) is 0 Å². The molecule has 5 N–H and O–H groups in total. The number of methoxy groups -OCH3 is 1. The minimum Gasteiger partial charge on any atom is -0.480 e. The van der Waals surface area contributed by atoms with Crippen molar-refractivity contribution in [3.63, 3.8) is 0 Å². The Morgan fingerprint density at radius 3 is 2.62 bits per heavy atom. The Morgan fingerprint density at radius 1 is 1.12 bits per heavy atom. The van der Waals surface area contributed by atoms with Gasteiger partial charge in [-0.2, -0.15) is 5.10 Å². The van der Waals surface area contributed by atoms with Crippen molar-refractivity contribution >= 4 is 26.6 Å². The average Bonchev–Trinajstić information content (AvgIpc) is 3.59. The van der Waals surface area contributed by atoms with Crippen LogP contribution >= 0.6 is 0 Å². The predicted octanol–water partition coefficient (Wildman–Crippen LogP) is 3.41. The van der Waals surface area contributed by atoms with Crippen LogP contribution in [0.1, 0.15) is 11.8 Å². The Balaban J connectivity index is 1.56. The van der Waals surface area contributed by atoms with Crippen molar-refractivity contribution in [3.8, 4) is 28.5 Å². The summed E-state index contributed by atoms with van der Waals surface area (Å²) in [6, 6.07) is 4.51. The van der Waals surface area contributed by atoms with E-state index in [4.69, 9.17) is 9.84 Å². The van der Waals surface area contributed by atoms with E-state index >= 15 is 8.78 Å². The summed E-state index contributed by atoms with van der Waals surface area (Å²) in [4.78, 5) is 9.63. The summed E-state index contributed by atoms with van der Waals surface area (Å²) in [7, 11) is -3.59. The van der Waals surface area contributed by atoms with Crippen LogP contribution in [0, 0.1) is 23.3 Å². The van der Waals surface area contributed by atoms with Gasteiger partial charge in [0.05, 0.1) is 36.9 Å². The number of pyridine rings is 1. The van der Waals surface area contributed by atoms with Crippen LogP contribution in [0.15, 0.2) is 47.6 Å². The summed E-state index contributed by atoms with van der Waals surface area (Å²) in [6.07, 6.45) is 0.790. The van der Waals surface area contributed by atoms with Gasteiger partial charge in [0.1, 0.15) is 28.9 Å². The second kappa shape index (κ2) is 10.2. The number of fused-ring (bicyclic) bond motifs is 1. The lowest BCUT2D eigenvalue weighted by Gasteiger charge is -2.14. The second-order valence-corrected chi connectivity index (χ2v) is 10.00. The molecule has 0 aliphatic rings. The number of halogens is 4. The number of nitrogens with one attached hydrogen (secondary N) is 3. The summed E-state index contributed by atoms with van der Waals surface area (Å²) in [5.41, 5.74) is -2.20. The first kappa shape index (κ1) is 27.0. The van der Waals surface area contributed by atoms with Crippen LogP contribution in [-0.4, -0.2) is 57.5 Å². The lowest BCUT2D eigenvalue weighted by Crippen LogP contribution is -2.16. The van der Waals surface area contributed by atoms with E-state index in [1.165, 1.54) is 12.3 Å². The molecule has 0 saturated carbocycles. The summed E-state index contributed by atoms with van der Waals surface area (Å²) < 4.78 is 92.2. The van der Waals surface area contributed by atoms with Crippen LogP contribution < -0.4 is 9.46 Å². The van der Waals surface area contributed by atoms with Gasteiger partial charge in [-0.15, -0.1) is 0 Å². The monoisotopic (exact) mass is 578 g/mol. The third-order valence-corrected chi connectivity index (χ3v) is 7.25. The number of nitrogens with zero attached hydrogens (tertiary/aromatic N) is 3. The maximum absolute atomic E-state index is 15.6. The van der Waals surface area contributed by atoms with E-state index in [1.807, 2.05) is 4.72 Å². The quantitative estimate of drug-likeness (QED) is 0.175. The molecule has 1 atom stereocenters. The first-order chi connectivity index (χ1) is 19.1. The summed E-state index contributed by atoms with van der Waals surface area (Å²) >= 11 is 0. The Labute approximate surface area is 222 Å². The molecular weight excluding hydrogens is 560 g/mol. The van der Waals surface area contributed by atoms with Crippen molar-refractivity contribution in [1.82, 2.24) is 25.1 Å². The highest BCUT2D eigenvalue weighted by Crippen LogP contribution is 2.37. The molecule has 0 aliphatic carbocycles. The number of H-pyrrole nitrogens is 2. The molecule has 2 aromatic carbocycles. The molecule has 0 saturated heterocycles. The summed E-state index contributed by atoms with van der Waals surface area (Å²) in [6.45, 7) is -0.581. The summed E-state index contributed by atoms with van der Waals surface area (Å²) in [5.74, 6) is -5.11. The zero-order valence-electron chi connectivity index (χ0n) is 20.2. The van der Waals surface area contributed by atoms with Crippen LogP contribution in [0.25, 0.3) is 33.5 Å². The first-order valence-electron chi connectivity index (χ1n) is 11.3. The van der Waals surface area contributed by atoms with E-state index in [-0.39, 0.29) is 28.1 Å². The Hall–Kier alpha value is -4.54. The molecule has 0 radical (unpaired) electrons. The van der Waals surface area contributed by atoms with Crippen molar-refractivity contribution < 1.29 is 40.9 Å². The number of ether oxygens (including phenoxy) is 1. The van der Waals surface area contributed by atoms with E-state index < -0.39 is 73.6 Å². The minimum absolute atomic E-state index is 0.112. The zero-order chi connectivity index (χ0) is 28.8. The molecular formula is C24H18F4N6O5S. The molecule has 0 aliphatic heterocycles. The fourth-order valence-electron chi connectivity index (χ4n) is 3.98. The molecule has 208 valence electrons. The third kappa shape index (κ3) is 4.61. The van der Waals surface area contributed by atoms with Gasteiger partial charge in [0.25, 0.3) is 10.0 Å². The first-order valence-corrected chi connectivity index (χ1v) is 12.8. The number of benzene rings is 2. The fraction of sp³-hybridized carbons (Fsp3) is 0.125. The lowest BCUT2D eigenvalue weighted by molar-refractivity contribution is 0.0926. The van der Waals surface area contributed by atoms with Crippen LogP contribution in [0.5, 0.6) is 5.88 Å². The van der Waals surface area contributed by atoms with Gasteiger partial charge >= 0.3 is 0 Å². The van der Waals surface area contributed by atoms with Crippen LogP contribution in [-0.2, 0) is 10.0 Å². The van der Waals surface area contributed by atoms with Crippen LogP contribution in [0.4, 0.5) is 23.2 Å². The van der Waals surface area contributed by atoms with Gasteiger partial charge in [0.15, 0.2) is 22.4 Å². The molecule has 0 fully saturated rings. The maximum atomic E-state index is 15.6. The van der Waals surface area contributed by atoms with Crippen molar-refractivity contribution in [2.45, 2.75) is 11.0 Å². The molecule has 40 heavy (non-hydrogen) atoms. The Bertz CT molecular complexity index is 1860. The average molecular weight is 579 g/mol. The van der Waals surface area contributed by atoms with Gasteiger partial charge in [0, 0.05) is 23.2 Å². The Kier molecular flexibility index (Phi) is 6.91. The number of aromatic amines is 2. The van der Waals surface area contributed by atoms with Gasteiger partial charge in [-0.3, -0.25) is 9.82 Å². The van der Waals surface area contributed by atoms with Crippen molar-refractivity contribution in [2.75, 3.05) is 18.4 Å². The van der Waals surface area contributed by atoms with Gasteiger partial charge in [-0.05, 0) is 18.2 Å². The van der Waals surface area contributed by atoms with Crippen molar-refractivity contribution in [3.05, 3.63) is 71.7 Å². The fourth-order valence-corrected chi connectivity index (χ4v) is 5.17. The number of aliphatic hydroxyl groups excluding tert-OH is 2. The van der Waals surface area contributed by atoms with Gasteiger partial charge < -0.3 is 19.9 Å². The molecule has 5 aromatic rings. The topological polar surface area (TPSA) is 166 Å². The van der Waals surface area contributed by atoms with Gasteiger partial charge in [0.2, 0.25) is 5.88 Å². The molecule has 5 rings (SSSR count). The van der Waals surface area contributed by atoms with E-state index in [0.29, 0.717) is 6.07 Å². The second-order valence-electron chi connectivity index (χ2n) is 8.34. The van der Waals surface area contributed by atoms with E-state index in [9.17, 15) is 22.3 Å². The normalized spacial score (nSPS) is 12.6. The highest BCUT2D eigenvalue weighted by atomic mass is 32.2. The molecule has 16 heteroatoms. The van der Waals surface area contributed by atoms with Crippen molar-refractivity contribution in [2.24, 2.45) is 0 Å². The molecule has 0 spiro atoms. The van der Waals surface area contributed by atoms with Crippen LogP contribution in [0.2, 0.25) is 0 Å². The molecule has 0 amide bonds. The number of rotatable bonds is 8. The smallest absolute Gasteiger partial charge is 0.267 e. The van der Waals surface area contributed by atoms with Gasteiger partial charge in [-0.25, -0.2) is 35.9 Å². The molecule has 1 unspecified atom stereocenters. The lowest BCUT2D eigenvalue weighted by atomic mass is 10.0. The zero-order valence-corrected chi connectivity index (χ0v) is 21.0. The number of aromatic nitrogens is 5. The maximum Gasteiger partial charge on any atom is 0.267 e. The van der Waals surface area contributed by atoms with E-state index in [0.717, 1.165) is 31.5 Å².